The van der Waals surface area contributed by atoms with Crippen LogP contribution in [0.4, 0.5) is 8.78 Å². The van der Waals surface area contributed by atoms with Gasteiger partial charge in [0.2, 0.25) is 5.88 Å². The standard InChI is InChI=1S/C37H35F2N7O4/c1-49-14-13-45-34-16-24(37(47)48)6-8-33(34)43-35(45)17-25-15-30(39)28(18-29(25)38)32-3-2-4-36(44-32)50-22-23-5-7-31(41-19-23)26-20-42-46(21-26)27-9-11-40-12-10-27/h2-8,15-16,18-21,27,40H,9-14,17,22H2,1H3,(H,47,48). The summed E-state index contributed by atoms with van der Waals surface area (Å²) < 4.78 is 46.0. The zero-order valence-electron chi connectivity index (χ0n) is 27.4. The summed E-state index contributed by atoms with van der Waals surface area (Å²) in [5.74, 6) is -1.64. The third-order valence-electron chi connectivity index (χ3n) is 8.87. The highest BCUT2D eigenvalue weighted by Crippen LogP contribution is 2.29. The molecule has 0 amide bonds. The van der Waals surface area contributed by atoms with E-state index in [1.54, 1.807) is 42.1 Å². The first kappa shape index (κ1) is 33.0. The predicted molar refractivity (Wildman–Crippen MR) is 182 cm³/mol. The van der Waals surface area contributed by atoms with E-state index in [1.807, 2.05) is 29.2 Å². The Labute approximate surface area is 286 Å². The Hall–Kier alpha value is -5.53. The summed E-state index contributed by atoms with van der Waals surface area (Å²) in [6.45, 7) is 2.85. The summed E-state index contributed by atoms with van der Waals surface area (Å²) in [4.78, 5) is 25.2. The molecule has 7 rings (SSSR count). The highest BCUT2D eigenvalue weighted by atomic mass is 19.1. The first-order valence-electron chi connectivity index (χ1n) is 16.4. The normalized spacial score (nSPS) is 13.6. The van der Waals surface area contributed by atoms with Crippen molar-refractivity contribution in [3.8, 4) is 28.4 Å². The third kappa shape index (κ3) is 7.09. The lowest BCUT2D eigenvalue weighted by Crippen LogP contribution is -2.29. The lowest BCUT2D eigenvalue weighted by atomic mass is 10.0. The van der Waals surface area contributed by atoms with Crippen molar-refractivity contribution in [2.24, 2.45) is 0 Å². The molecule has 1 aliphatic heterocycles. The number of carbonyl (C=O) groups is 1. The second-order valence-electron chi connectivity index (χ2n) is 12.2. The molecule has 1 saturated heterocycles. The fraction of sp³-hybridized carbons (Fsp3) is 0.270. The first-order valence-corrected chi connectivity index (χ1v) is 16.4. The van der Waals surface area contributed by atoms with Crippen LogP contribution in [0.5, 0.6) is 5.88 Å². The number of nitrogens with zero attached hydrogens (tertiary/aromatic N) is 6. The number of halogens is 2. The second-order valence-corrected chi connectivity index (χ2v) is 12.2. The number of methoxy groups -OCH3 is 1. The summed E-state index contributed by atoms with van der Waals surface area (Å²) in [5.41, 5.74) is 4.12. The van der Waals surface area contributed by atoms with Gasteiger partial charge < -0.3 is 24.5 Å². The number of piperidine rings is 1. The minimum atomic E-state index is -1.07. The minimum absolute atomic E-state index is 0.00765. The number of hydrogen-bond donors (Lipinski definition) is 2. The Balaban J connectivity index is 1.04. The topological polar surface area (TPSA) is 129 Å². The van der Waals surface area contributed by atoms with Crippen LogP contribution in [0.3, 0.4) is 0 Å². The molecule has 1 fully saturated rings. The van der Waals surface area contributed by atoms with Gasteiger partial charge in [0.05, 0.1) is 46.8 Å². The molecule has 0 unspecified atom stereocenters. The average molecular weight is 680 g/mol. The van der Waals surface area contributed by atoms with Crippen molar-refractivity contribution in [3.63, 3.8) is 0 Å². The molecule has 2 aromatic carbocycles. The van der Waals surface area contributed by atoms with Crippen molar-refractivity contribution in [2.45, 2.75) is 38.5 Å². The maximum absolute atomic E-state index is 15.6. The Morgan fingerprint density at radius 3 is 2.64 bits per heavy atom. The average Bonchev–Trinajstić information content (AvgIpc) is 3.77. The van der Waals surface area contributed by atoms with Gasteiger partial charge >= 0.3 is 5.97 Å². The lowest BCUT2D eigenvalue weighted by Gasteiger charge is -2.22. The van der Waals surface area contributed by atoms with Crippen molar-refractivity contribution in [3.05, 3.63) is 113 Å². The largest absolute Gasteiger partial charge is 0.478 e. The van der Waals surface area contributed by atoms with Crippen molar-refractivity contribution in [1.29, 1.82) is 0 Å². The quantitative estimate of drug-likeness (QED) is 0.158. The molecule has 0 radical (unpaired) electrons. The fourth-order valence-corrected chi connectivity index (χ4v) is 6.19. The van der Waals surface area contributed by atoms with Gasteiger partial charge in [-0.25, -0.2) is 23.5 Å². The number of carboxylic acid groups (broad SMARTS) is 1. The zero-order chi connectivity index (χ0) is 34.6. The van der Waals surface area contributed by atoms with Crippen LogP contribution in [0.1, 0.15) is 46.2 Å². The monoisotopic (exact) mass is 679 g/mol. The molecule has 1 aliphatic rings. The van der Waals surface area contributed by atoms with Gasteiger partial charge in [0.1, 0.15) is 24.1 Å². The SMILES string of the molecule is COCCn1c(Cc2cc(F)c(-c3cccc(OCc4ccc(-c5cnn(C6CCNCC6)c5)nc4)n3)cc2F)nc2ccc(C(=O)O)cc21. The van der Waals surface area contributed by atoms with Crippen LogP contribution < -0.4 is 10.1 Å². The molecule has 11 nitrogen and oxygen atoms in total. The Morgan fingerprint density at radius 1 is 1.00 bits per heavy atom. The van der Waals surface area contributed by atoms with Crippen LogP contribution in [0.15, 0.2) is 79.3 Å². The van der Waals surface area contributed by atoms with Crippen LogP contribution in [0.25, 0.3) is 33.5 Å². The first-order chi connectivity index (χ1) is 24.4. The number of aromatic carboxylic acids is 1. The zero-order valence-corrected chi connectivity index (χ0v) is 27.4. The van der Waals surface area contributed by atoms with Gasteiger partial charge in [0, 0.05) is 55.2 Å². The second kappa shape index (κ2) is 14.5. The molecule has 5 heterocycles. The molecule has 50 heavy (non-hydrogen) atoms. The van der Waals surface area contributed by atoms with Crippen molar-refractivity contribution >= 4 is 17.0 Å². The maximum atomic E-state index is 15.6. The van der Waals surface area contributed by atoms with Crippen LogP contribution in [0.2, 0.25) is 0 Å². The summed E-state index contributed by atoms with van der Waals surface area (Å²) in [7, 11) is 1.55. The molecule has 256 valence electrons. The molecule has 0 saturated carbocycles. The van der Waals surface area contributed by atoms with Gasteiger partial charge in [-0.15, -0.1) is 0 Å². The lowest BCUT2D eigenvalue weighted by molar-refractivity contribution is 0.0697. The van der Waals surface area contributed by atoms with Crippen LogP contribution in [-0.4, -0.2) is 67.2 Å². The summed E-state index contributed by atoms with van der Waals surface area (Å²) in [6, 6.07) is 16.0. The van der Waals surface area contributed by atoms with E-state index < -0.39 is 17.6 Å². The van der Waals surface area contributed by atoms with Gasteiger partial charge in [-0.2, -0.15) is 5.10 Å². The molecule has 0 aliphatic carbocycles. The number of imidazole rings is 1. The van der Waals surface area contributed by atoms with Gasteiger partial charge in [-0.05, 0) is 74.0 Å². The van der Waals surface area contributed by atoms with Crippen LogP contribution in [0, 0.1) is 11.6 Å². The number of ether oxygens (including phenoxy) is 2. The highest BCUT2D eigenvalue weighted by Gasteiger charge is 2.19. The summed E-state index contributed by atoms with van der Waals surface area (Å²) >= 11 is 0. The predicted octanol–water partition coefficient (Wildman–Crippen LogP) is 6.07. The van der Waals surface area contributed by atoms with E-state index in [0.717, 1.165) is 54.9 Å². The third-order valence-corrected chi connectivity index (χ3v) is 8.87. The molecule has 2 N–H and O–H groups in total. The van der Waals surface area contributed by atoms with E-state index in [9.17, 15) is 9.90 Å². The van der Waals surface area contributed by atoms with Gasteiger partial charge in [-0.3, -0.25) is 9.67 Å². The summed E-state index contributed by atoms with van der Waals surface area (Å²) in [6.07, 6.45) is 7.69. The van der Waals surface area contributed by atoms with Crippen LogP contribution in [-0.2, 0) is 24.3 Å². The number of fused-ring (bicyclic) bond motifs is 1. The molecular formula is C37H35F2N7O4. The number of nitrogens with one attached hydrogen (secondary N) is 1. The van der Waals surface area contributed by atoms with Gasteiger partial charge in [0.25, 0.3) is 0 Å². The number of aromatic nitrogens is 6. The number of rotatable bonds is 12. The number of hydrogen-bond acceptors (Lipinski definition) is 8. The number of benzene rings is 2. The molecule has 0 bridgehead atoms. The van der Waals surface area contributed by atoms with Crippen LogP contribution >= 0.6 is 0 Å². The molecule has 6 aromatic rings. The maximum Gasteiger partial charge on any atom is 0.335 e. The smallest absolute Gasteiger partial charge is 0.335 e. The van der Waals surface area contributed by atoms with Gasteiger partial charge in [0.15, 0.2) is 0 Å². The van der Waals surface area contributed by atoms with E-state index in [0.29, 0.717) is 36.1 Å². The van der Waals surface area contributed by atoms with Crippen molar-refractivity contribution < 1.29 is 28.2 Å². The van der Waals surface area contributed by atoms with E-state index in [-0.39, 0.29) is 41.3 Å². The summed E-state index contributed by atoms with van der Waals surface area (Å²) in [5, 5.41) is 17.4. The number of pyridine rings is 2. The minimum Gasteiger partial charge on any atom is -0.478 e. The van der Waals surface area contributed by atoms with E-state index in [4.69, 9.17) is 9.47 Å². The van der Waals surface area contributed by atoms with E-state index in [2.05, 4.69) is 25.4 Å². The molecule has 4 aromatic heterocycles. The highest BCUT2D eigenvalue weighted by molar-refractivity contribution is 5.92. The van der Waals surface area contributed by atoms with E-state index >= 15 is 8.78 Å². The molecule has 0 spiro atoms. The Morgan fingerprint density at radius 2 is 1.86 bits per heavy atom. The van der Waals surface area contributed by atoms with Gasteiger partial charge in [-0.1, -0.05) is 12.1 Å². The Bertz CT molecular complexity index is 2140. The Kier molecular flexibility index (Phi) is 9.58. The van der Waals surface area contributed by atoms with Crippen molar-refractivity contribution in [2.75, 3.05) is 26.8 Å². The fourth-order valence-electron chi connectivity index (χ4n) is 6.19. The van der Waals surface area contributed by atoms with Crippen molar-refractivity contribution in [1.82, 2.24) is 34.6 Å². The molecule has 13 heteroatoms. The molecule has 0 atom stereocenters. The molecular weight excluding hydrogens is 644 g/mol. The number of carboxylic acids is 1. The van der Waals surface area contributed by atoms with E-state index in [1.165, 1.54) is 12.1 Å².